The molecule has 1 heterocycles. The first-order chi connectivity index (χ1) is 9.19. The van der Waals surface area contributed by atoms with Gasteiger partial charge in [-0.15, -0.1) is 0 Å². The Morgan fingerprint density at radius 1 is 1.37 bits per heavy atom. The molecule has 2 rings (SSSR count). The molecule has 0 radical (unpaired) electrons. The molecular weight excluding hydrogens is 242 g/mol. The van der Waals surface area contributed by atoms with E-state index in [1.54, 1.807) is 19.5 Å². The number of methoxy groups -OCH3 is 1. The lowest BCUT2D eigenvalue weighted by Crippen LogP contribution is -2.13. The van der Waals surface area contributed by atoms with Crippen LogP contribution < -0.4 is 10.1 Å². The minimum atomic E-state index is -0.627. The number of aliphatic hydroxyl groups is 1. The average molecular weight is 259 g/mol. The summed E-state index contributed by atoms with van der Waals surface area (Å²) < 4.78 is 5.13. The number of hydrogen-bond donors (Lipinski definition) is 2. The van der Waals surface area contributed by atoms with Crippen LogP contribution in [0.3, 0.4) is 0 Å². The van der Waals surface area contributed by atoms with Gasteiger partial charge in [0.05, 0.1) is 25.1 Å². The number of aromatic nitrogens is 2. The Bertz CT molecular complexity index is 546. The molecular formula is C14H17N3O2. The quantitative estimate of drug-likeness (QED) is 0.859. The number of aliphatic hydroxyl groups excluding tert-OH is 1. The summed E-state index contributed by atoms with van der Waals surface area (Å²) in [7, 11) is 1.60. The molecule has 0 saturated heterocycles. The van der Waals surface area contributed by atoms with Crippen molar-refractivity contribution in [2.45, 2.75) is 13.0 Å². The van der Waals surface area contributed by atoms with Crippen LogP contribution in [0.2, 0.25) is 0 Å². The molecule has 0 amide bonds. The highest BCUT2D eigenvalue weighted by atomic mass is 16.5. The van der Waals surface area contributed by atoms with Crippen molar-refractivity contribution in [3.05, 3.63) is 47.9 Å². The number of benzene rings is 1. The second-order valence-corrected chi connectivity index (χ2v) is 4.22. The summed E-state index contributed by atoms with van der Waals surface area (Å²) in [6.45, 7) is 2.24. The zero-order chi connectivity index (χ0) is 13.7. The van der Waals surface area contributed by atoms with Crippen molar-refractivity contribution in [3.63, 3.8) is 0 Å². The van der Waals surface area contributed by atoms with Gasteiger partial charge in [-0.25, -0.2) is 4.98 Å². The van der Waals surface area contributed by atoms with Crippen molar-refractivity contribution in [1.82, 2.24) is 9.97 Å². The molecule has 5 heteroatoms. The van der Waals surface area contributed by atoms with Gasteiger partial charge in [-0.1, -0.05) is 12.1 Å². The first-order valence-electron chi connectivity index (χ1n) is 6.03. The smallest absolute Gasteiger partial charge is 0.144 e. The van der Waals surface area contributed by atoms with Crippen LogP contribution in [0.15, 0.2) is 36.7 Å². The summed E-state index contributed by atoms with van der Waals surface area (Å²) in [5.74, 6) is 1.38. The zero-order valence-corrected chi connectivity index (χ0v) is 11.0. The fraction of sp³-hybridized carbons (Fsp3) is 0.286. The van der Waals surface area contributed by atoms with E-state index in [0.29, 0.717) is 12.4 Å². The number of nitrogens with zero attached hydrogens (tertiary/aromatic N) is 2. The summed E-state index contributed by atoms with van der Waals surface area (Å²) in [6.07, 6.45) is 2.69. The number of ether oxygens (including phenoxy) is 1. The van der Waals surface area contributed by atoms with Gasteiger partial charge in [0, 0.05) is 12.7 Å². The molecule has 1 aromatic carbocycles. The van der Waals surface area contributed by atoms with E-state index in [9.17, 15) is 5.11 Å². The van der Waals surface area contributed by atoms with Crippen molar-refractivity contribution in [1.29, 1.82) is 0 Å². The third-order valence-electron chi connectivity index (χ3n) is 2.71. The highest BCUT2D eigenvalue weighted by molar-refractivity contribution is 5.34. The highest BCUT2D eigenvalue weighted by Gasteiger charge is 2.08. The van der Waals surface area contributed by atoms with E-state index < -0.39 is 6.10 Å². The minimum Gasteiger partial charge on any atom is -0.497 e. The second-order valence-electron chi connectivity index (χ2n) is 4.22. The Hall–Kier alpha value is -2.14. The Morgan fingerprint density at radius 2 is 2.21 bits per heavy atom. The monoisotopic (exact) mass is 259 g/mol. The standard InChI is InChI=1S/C14H17N3O2/c1-10-7-15-9-14(17-10)16-8-13(18)11-4-3-5-12(6-11)19-2/h3-7,9,13,18H,8H2,1-2H3,(H,16,17). The van der Waals surface area contributed by atoms with E-state index in [-0.39, 0.29) is 0 Å². The van der Waals surface area contributed by atoms with Gasteiger partial charge in [0.15, 0.2) is 0 Å². The maximum Gasteiger partial charge on any atom is 0.144 e. The van der Waals surface area contributed by atoms with Crippen molar-refractivity contribution >= 4 is 5.82 Å². The minimum absolute atomic E-state index is 0.366. The lowest BCUT2D eigenvalue weighted by Gasteiger charge is -2.13. The Kier molecular flexibility index (Phi) is 4.30. The maximum absolute atomic E-state index is 10.1. The van der Waals surface area contributed by atoms with Gasteiger partial charge in [-0.3, -0.25) is 4.98 Å². The fourth-order valence-corrected chi connectivity index (χ4v) is 1.72. The molecule has 0 aliphatic rings. The maximum atomic E-state index is 10.1. The Morgan fingerprint density at radius 3 is 2.95 bits per heavy atom. The molecule has 19 heavy (non-hydrogen) atoms. The number of anilines is 1. The molecule has 0 aliphatic carbocycles. The van der Waals surface area contributed by atoms with Crippen molar-refractivity contribution < 1.29 is 9.84 Å². The molecule has 0 fully saturated rings. The molecule has 0 bridgehead atoms. The van der Waals surface area contributed by atoms with Crippen LogP contribution in [0.5, 0.6) is 5.75 Å². The van der Waals surface area contributed by atoms with Crippen LogP contribution in [-0.2, 0) is 0 Å². The van der Waals surface area contributed by atoms with Gasteiger partial charge in [0.25, 0.3) is 0 Å². The van der Waals surface area contributed by atoms with Crippen molar-refractivity contribution in [2.75, 3.05) is 19.0 Å². The molecule has 1 unspecified atom stereocenters. The molecule has 100 valence electrons. The topological polar surface area (TPSA) is 67.3 Å². The van der Waals surface area contributed by atoms with E-state index in [1.807, 2.05) is 31.2 Å². The summed E-state index contributed by atoms with van der Waals surface area (Å²) in [5, 5.41) is 13.2. The van der Waals surface area contributed by atoms with Crippen LogP contribution in [-0.4, -0.2) is 28.7 Å². The Labute approximate surface area is 112 Å². The van der Waals surface area contributed by atoms with Gasteiger partial charge in [-0.2, -0.15) is 0 Å². The molecule has 1 aromatic heterocycles. The molecule has 0 saturated carbocycles. The van der Waals surface area contributed by atoms with Gasteiger partial charge >= 0.3 is 0 Å². The van der Waals surface area contributed by atoms with Gasteiger partial charge in [0.1, 0.15) is 11.6 Å². The average Bonchev–Trinajstić information content (AvgIpc) is 2.45. The zero-order valence-electron chi connectivity index (χ0n) is 11.0. The van der Waals surface area contributed by atoms with E-state index in [0.717, 1.165) is 17.0 Å². The van der Waals surface area contributed by atoms with Crippen molar-refractivity contribution in [2.24, 2.45) is 0 Å². The third kappa shape index (κ3) is 3.66. The molecule has 0 aliphatic heterocycles. The Balaban J connectivity index is 1.99. The van der Waals surface area contributed by atoms with Crippen LogP contribution in [0.1, 0.15) is 17.4 Å². The molecule has 0 spiro atoms. The summed E-state index contributed by atoms with van der Waals surface area (Å²) in [6, 6.07) is 7.37. The van der Waals surface area contributed by atoms with Crippen LogP contribution >= 0.6 is 0 Å². The summed E-state index contributed by atoms with van der Waals surface area (Å²) in [5.41, 5.74) is 1.63. The predicted octanol–water partition coefficient (Wildman–Crippen LogP) is 1.94. The number of nitrogens with one attached hydrogen (secondary N) is 1. The lowest BCUT2D eigenvalue weighted by atomic mass is 10.1. The van der Waals surface area contributed by atoms with E-state index >= 15 is 0 Å². The van der Waals surface area contributed by atoms with Crippen LogP contribution in [0, 0.1) is 6.92 Å². The molecule has 5 nitrogen and oxygen atoms in total. The molecule has 2 N–H and O–H groups in total. The van der Waals surface area contributed by atoms with Crippen LogP contribution in [0.4, 0.5) is 5.82 Å². The van der Waals surface area contributed by atoms with Gasteiger partial charge in [0.2, 0.25) is 0 Å². The van der Waals surface area contributed by atoms with E-state index in [1.165, 1.54) is 0 Å². The van der Waals surface area contributed by atoms with Crippen LogP contribution in [0.25, 0.3) is 0 Å². The second kappa shape index (κ2) is 6.15. The van der Waals surface area contributed by atoms with Crippen molar-refractivity contribution in [3.8, 4) is 5.75 Å². The lowest BCUT2D eigenvalue weighted by molar-refractivity contribution is 0.191. The molecule has 2 aromatic rings. The normalized spacial score (nSPS) is 11.9. The number of rotatable bonds is 5. The highest BCUT2D eigenvalue weighted by Crippen LogP contribution is 2.19. The van der Waals surface area contributed by atoms with E-state index in [4.69, 9.17) is 4.74 Å². The summed E-state index contributed by atoms with van der Waals surface area (Å²) in [4.78, 5) is 8.30. The molecule has 1 atom stereocenters. The fourth-order valence-electron chi connectivity index (χ4n) is 1.72. The van der Waals surface area contributed by atoms with Gasteiger partial charge < -0.3 is 15.2 Å². The number of aryl methyl sites for hydroxylation is 1. The third-order valence-corrected chi connectivity index (χ3v) is 2.71. The van der Waals surface area contributed by atoms with E-state index in [2.05, 4.69) is 15.3 Å². The first kappa shape index (κ1) is 13.3. The summed E-state index contributed by atoms with van der Waals surface area (Å²) >= 11 is 0. The number of hydrogen-bond acceptors (Lipinski definition) is 5. The first-order valence-corrected chi connectivity index (χ1v) is 6.03. The SMILES string of the molecule is COc1cccc(C(O)CNc2cncc(C)n2)c1. The predicted molar refractivity (Wildman–Crippen MR) is 73.2 cm³/mol. The van der Waals surface area contributed by atoms with Gasteiger partial charge in [-0.05, 0) is 24.6 Å². The largest absolute Gasteiger partial charge is 0.497 e.